The van der Waals surface area contributed by atoms with Crippen LogP contribution >= 0.6 is 0 Å². The summed E-state index contributed by atoms with van der Waals surface area (Å²) in [6.07, 6.45) is 0.698. The lowest BCUT2D eigenvalue weighted by Gasteiger charge is -2.31. The predicted molar refractivity (Wildman–Crippen MR) is 126 cm³/mol. The van der Waals surface area contributed by atoms with Crippen molar-refractivity contribution in [3.05, 3.63) is 48.0 Å². The second-order valence-corrected chi connectivity index (χ2v) is 10.4. The molecule has 2 heterocycles. The van der Waals surface area contributed by atoms with Gasteiger partial charge in [0.15, 0.2) is 11.9 Å². The van der Waals surface area contributed by atoms with Crippen LogP contribution in [-0.2, 0) is 19.6 Å². The summed E-state index contributed by atoms with van der Waals surface area (Å²) in [7, 11) is -3.79. The van der Waals surface area contributed by atoms with Crippen molar-refractivity contribution in [1.29, 1.82) is 0 Å². The van der Waals surface area contributed by atoms with Gasteiger partial charge >= 0.3 is 0 Å². The van der Waals surface area contributed by atoms with Crippen LogP contribution in [0, 0.1) is 5.92 Å². The number of benzene rings is 2. The normalized spacial score (nSPS) is 19.0. The van der Waals surface area contributed by atoms with Gasteiger partial charge < -0.3 is 15.4 Å². The van der Waals surface area contributed by atoms with Gasteiger partial charge in [-0.15, -0.1) is 0 Å². The van der Waals surface area contributed by atoms with Crippen molar-refractivity contribution < 1.29 is 27.5 Å². The average Bonchev–Trinajstić information content (AvgIpc) is 2.83. The number of hydrogen-bond acceptors (Lipinski definition) is 6. The van der Waals surface area contributed by atoms with Gasteiger partial charge in [-0.3, -0.25) is 14.4 Å². The fourth-order valence-electron chi connectivity index (χ4n) is 4.10. The minimum Gasteiger partial charge on any atom is -0.478 e. The SMILES string of the molecule is CC[C@@H]1Oc2ccc(S(=O)(=O)N3CCC(C(=O)Nc4ccc(C(C)=O)cc4)CC3)cc2NC1=O. The molecule has 4 rings (SSSR count). The molecule has 0 spiro atoms. The second kappa shape index (κ2) is 9.55. The highest BCUT2D eigenvalue weighted by Gasteiger charge is 2.34. The molecule has 1 atom stereocenters. The summed E-state index contributed by atoms with van der Waals surface area (Å²) >= 11 is 0. The first-order valence-electron chi connectivity index (χ1n) is 11.2. The first-order chi connectivity index (χ1) is 16.2. The summed E-state index contributed by atoms with van der Waals surface area (Å²) < 4.78 is 33.3. The number of carbonyl (C=O) groups excluding carboxylic acids is 3. The molecule has 1 saturated heterocycles. The number of carbonyl (C=O) groups is 3. The molecular weight excluding hydrogens is 458 g/mol. The van der Waals surface area contributed by atoms with E-state index in [9.17, 15) is 22.8 Å². The molecule has 0 saturated carbocycles. The van der Waals surface area contributed by atoms with Crippen molar-refractivity contribution in [2.75, 3.05) is 23.7 Å². The Bertz CT molecular complexity index is 1220. The maximum absolute atomic E-state index is 13.2. The molecule has 0 radical (unpaired) electrons. The van der Waals surface area contributed by atoms with E-state index in [-0.39, 0.29) is 41.5 Å². The molecule has 2 amide bonds. The highest BCUT2D eigenvalue weighted by atomic mass is 32.2. The van der Waals surface area contributed by atoms with Crippen molar-refractivity contribution in [2.45, 2.75) is 44.1 Å². The van der Waals surface area contributed by atoms with Crippen molar-refractivity contribution in [3.8, 4) is 5.75 Å². The monoisotopic (exact) mass is 485 g/mol. The maximum atomic E-state index is 13.2. The molecule has 0 aliphatic carbocycles. The fourth-order valence-corrected chi connectivity index (χ4v) is 5.60. The zero-order chi connectivity index (χ0) is 24.5. The van der Waals surface area contributed by atoms with Crippen LogP contribution in [0.15, 0.2) is 47.4 Å². The Morgan fingerprint density at radius 3 is 2.41 bits per heavy atom. The summed E-state index contributed by atoms with van der Waals surface area (Å²) in [5, 5.41) is 5.55. The van der Waals surface area contributed by atoms with Gasteiger partial charge in [0.25, 0.3) is 5.91 Å². The predicted octanol–water partition coefficient (Wildman–Crippen LogP) is 3.04. The Labute approximate surface area is 198 Å². The third-order valence-electron chi connectivity index (χ3n) is 6.16. The number of ketones is 1. The summed E-state index contributed by atoms with van der Waals surface area (Å²) in [4.78, 5) is 36.2. The molecule has 9 nitrogen and oxygen atoms in total. The van der Waals surface area contributed by atoms with Gasteiger partial charge in [0.05, 0.1) is 10.6 Å². The van der Waals surface area contributed by atoms with Crippen molar-refractivity contribution in [2.24, 2.45) is 5.92 Å². The lowest BCUT2D eigenvalue weighted by atomic mass is 9.97. The van der Waals surface area contributed by atoms with E-state index >= 15 is 0 Å². The number of rotatable bonds is 6. The van der Waals surface area contributed by atoms with Crippen molar-refractivity contribution in [3.63, 3.8) is 0 Å². The number of hydrogen-bond donors (Lipinski definition) is 2. The van der Waals surface area contributed by atoms with E-state index in [0.717, 1.165) is 0 Å². The molecule has 0 aromatic heterocycles. The Morgan fingerprint density at radius 2 is 1.79 bits per heavy atom. The van der Waals surface area contributed by atoms with E-state index in [1.54, 1.807) is 30.3 Å². The molecule has 34 heavy (non-hydrogen) atoms. The van der Waals surface area contributed by atoms with E-state index in [0.29, 0.717) is 42.0 Å². The molecule has 2 N–H and O–H groups in total. The zero-order valence-corrected chi connectivity index (χ0v) is 19.9. The Balaban J connectivity index is 1.39. The topological polar surface area (TPSA) is 122 Å². The summed E-state index contributed by atoms with van der Waals surface area (Å²) in [6.45, 7) is 3.73. The van der Waals surface area contributed by atoms with Gasteiger partial charge in [0, 0.05) is 30.3 Å². The minimum absolute atomic E-state index is 0.0505. The second-order valence-electron chi connectivity index (χ2n) is 8.46. The van der Waals surface area contributed by atoms with Crippen LogP contribution < -0.4 is 15.4 Å². The number of fused-ring (bicyclic) bond motifs is 1. The van der Waals surface area contributed by atoms with Crippen LogP contribution in [0.25, 0.3) is 0 Å². The van der Waals surface area contributed by atoms with Crippen LogP contribution in [0.4, 0.5) is 11.4 Å². The number of ether oxygens (including phenoxy) is 1. The molecule has 0 bridgehead atoms. The number of nitrogens with one attached hydrogen (secondary N) is 2. The van der Waals surface area contributed by atoms with Gasteiger partial charge in [0.1, 0.15) is 5.75 Å². The van der Waals surface area contributed by atoms with Crippen LogP contribution in [0.5, 0.6) is 5.75 Å². The van der Waals surface area contributed by atoms with Crippen LogP contribution in [0.3, 0.4) is 0 Å². The first kappa shape index (κ1) is 23.9. The number of sulfonamides is 1. The van der Waals surface area contributed by atoms with E-state index in [4.69, 9.17) is 4.74 Å². The third kappa shape index (κ3) is 4.83. The third-order valence-corrected chi connectivity index (χ3v) is 8.06. The first-order valence-corrected chi connectivity index (χ1v) is 12.7. The fraction of sp³-hybridized carbons (Fsp3) is 0.375. The number of nitrogens with zero attached hydrogens (tertiary/aromatic N) is 1. The molecule has 180 valence electrons. The van der Waals surface area contributed by atoms with E-state index in [2.05, 4.69) is 10.6 Å². The zero-order valence-electron chi connectivity index (χ0n) is 19.0. The minimum atomic E-state index is -3.79. The molecule has 2 aliphatic heterocycles. The molecule has 10 heteroatoms. The Kier molecular flexibility index (Phi) is 6.72. The molecular formula is C24H27N3O6S. The number of Topliss-reactive ketones (excluding diaryl/α,β-unsaturated/α-hetero) is 1. The van der Waals surface area contributed by atoms with Crippen LogP contribution in [0.1, 0.15) is 43.5 Å². The molecule has 1 fully saturated rings. The van der Waals surface area contributed by atoms with Gasteiger partial charge in [-0.25, -0.2) is 8.42 Å². The largest absolute Gasteiger partial charge is 0.478 e. The Morgan fingerprint density at radius 1 is 1.12 bits per heavy atom. The molecule has 2 aromatic carbocycles. The standard InChI is InChI=1S/C24H27N3O6S/c1-3-21-24(30)26-20-14-19(8-9-22(20)33-21)34(31,32)27-12-10-17(11-13-27)23(29)25-18-6-4-16(5-7-18)15(2)28/h4-9,14,17,21H,3,10-13H2,1-2H3,(H,25,29)(H,26,30)/t21-/m0/s1. The highest BCUT2D eigenvalue weighted by Crippen LogP contribution is 2.34. The average molecular weight is 486 g/mol. The Hall–Kier alpha value is -3.24. The van der Waals surface area contributed by atoms with Crippen molar-refractivity contribution in [1.82, 2.24) is 4.31 Å². The summed E-state index contributed by atoms with van der Waals surface area (Å²) in [6, 6.07) is 11.1. The van der Waals surface area contributed by atoms with Gasteiger partial charge in [0.2, 0.25) is 15.9 Å². The quantitative estimate of drug-likeness (QED) is 0.607. The van der Waals surface area contributed by atoms with E-state index in [1.807, 2.05) is 6.92 Å². The molecule has 2 aliphatic rings. The lowest BCUT2D eigenvalue weighted by Crippen LogP contribution is -2.41. The van der Waals surface area contributed by atoms with Gasteiger partial charge in [-0.05, 0) is 68.7 Å². The van der Waals surface area contributed by atoms with Gasteiger partial charge in [-0.2, -0.15) is 4.31 Å². The molecule has 2 aromatic rings. The van der Waals surface area contributed by atoms with Crippen molar-refractivity contribution >= 4 is 39.0 Å². The number of amides is 2. The van der Waals surface area contributed by atoms with Crippen LogP contribution in [-0.4, -0.2) is 49.5 Å². The molecule has 0 unspecified atom stereocenters. The highest BCUT2D eigenvalue weighted by molar-refractivity contribution is 7.89. The number of anilines is 2. The van der Waals surface area contributed by atoms with Crippen LogP contribution in [0.2, 0.25) is 0 Å². The number of piperidine rings is 1. The van der Waals surface area contributed by atoms with E-state index in [1.165, 1.54) is 23.4 Å². The maximum Gasteiger partial charge on any atom is 0.265 e. The van der Waals surface area contributed by atoms with Gasteiger partial charge in [-0.1, -0.05) is 6.92 Å². The summed E-state index contributed by atoms with van der Waals surface area (Å²) in [5.41, 5.74) is 1.49. The smallest absolute Gasteiger partial charge is 0.265 e. The van der Waals surface area contributed by atoms with E-state index < -0.39 is 16.1 Å². The lowest BCUT2D eigenvalue weighted by molar-refractivity contribution is -0.123. The summed E-state index contributed by atoms with van der Waals surface area (Å²) in [5.74, 6) is -0.400.